The van der Waals surface area contributed by atoms with Crippen molar-refractivity contribution in [1.29, 1.82) is 0 Å². The van der Waals surface area contributed by atoms with Crippen LogP contribution in [0.15, 0.2) is 120 Å². The number of imidazole rings is 1. The molecule has 0 radical (unpaired) electrons. The molecule has 286 valence electrons. The van der Waals surface area contributed by atoms with Crippen molar-refractivity contribution in [2.24, 2.45) is 0 Å². The monoisotopic (exact) mass is 746 g/mol. The molecule has 3 heteroatoms. The molecule has 9 aromatic rings. The highest BCUT2D eigenvalue weighted by Crippen LogP contribution is 2.45. The van der Waals surface area contributed by atoms with E-state index in [0.717, 1.165) is 44.4 Å². The Morgan fingerprint density at radius 1 is 0.561 bits per heavy atom. The van der Waals surface area contributed by atoms with E-state index >= 15 is 0 Å². The standard InChI is InChI=1S/C54H54N2O/c1-31(2)43-27-37(36-24-38(53(6,7)8)29-39(25-36)54(9,10)11)28-44(32(3)4)50(43)56-49-33(5)16-14-21-47(49)55-52(56)42-20-15-19-41-46-26-35-23-22-34-17-12-13-18-40(34)45(35)30-48(46)57-51(41)42/h12-32H,1-11H3. The lowest BCUT2D eigenvalue weighted by atomic mass is 9.78. The van der Waals surface area contributed by atoms with E-state index in [1.165, 1.54) is 66.2 Å². The molecule has 9 rings (SSSR count). The summed E-state index contributed by atoms with van der Waals surface area (Å²) in [6, 6.07) is 42.8. The summed E-state index contributed by atoms with van der Waals surface area (Å²) in [6.07, 6.45) is 0. The fourth-order valence-electron chi connectivity index (χ4n) is 8.81. The zero-order chi connectivity index (χ0) is 40.1. The minimum absolute atomic E-state index is 0.0258. The van der Waals surface area contributed by atoms with Gasteiger partial charge in [-0.15, -0.1) is 0 Å². The zero-order valence-electron chi connectivity index (χ0n) is 35.4. The van der Waals surface area contributed by atoms with Crippen LogP contribution < -0.4 is 0 Å². The largest absolute Gasteiger partial charge is 0.455 e. The normalized spacial score (nSPS) is 12.8. The number of nitrogens with zero attached hydrogens (tertiary/aromatic N) is 2. The highest BCUT2D eigenvalue weighted by molar-refractivity contribution is 6.17. The zero-order valence-corrected chi connectivity index (χ0v) is 35.4. The van der Waals surface area contributed by atoms with E-state index in [4.69, 9.17) is 9.40 Å². The van der Waals surface area contributed by atoms with Gasteiger partial charge in [-0.2, -0.15) is 0 Å². The van der Waals surface area contributed by atoms with Gasteiger partial charge in [-0.3, -0.25) is 4.57 Å². The lowest BCUT2D eigenvalue weighted by Gasteiger charge is -2.28. The molecule has 0 amide bonds. The van der Waals surface area contributed by atoms with Crippen molar-refractivity contribution in [2.75, 3.05) is 0 Å². The van der Waals surface area contributed by atoms with Gasteiger partial charge in [0.2, 0.25) is 0 Å². The average molecular weight is 747 g/mol. The second kappa shape index (κ2) is 13.2. The second-order valence-corrected chi connectivity index (χ2v) is 19.0. The number of hydrogen-bond acceptors (Lipinski definition) is 2. The van der Waals surface area contributed by atoms with Gasteiger partial charge in [-0.25, -0.2) is 4.98 Å². The molecule has 2 aromatic heterocycles. The van der Waals surface area contributed by atoms with Crippen molar-refractivity contribution in [3.05, 3.63) is 143 Å². The molecular formula is C54H54N2O. The lowest BCUT2D eigenvalue weighted by molar-refractivity contribution is 0.569. The number of aromatic nitrogens is 2. The van der Waals surface area contributed by atoms with Gasteiger partial charge >= 0.3 is 0 Å². The molecule has 0 atom stereocenters. The first-order chi connectivity index (χ1) is 27.1. The van der Waals surface area contributed by atoms with Gasteiger partial charge in [0, 0.05) is 10.8 Å². The van der Waals surface area contributed by atoms with E-state index in [9.17, 15) is 0 Å². The Morgan fingerprint density at radius 2 is 1.18 bits per heavy atom. The Morgan fingerprint density at radius 3 is 1.84 bits per heavy atom. The van der Waals surface area contributed by atoms with Crippen LogP contribution in [-0.2, 0) is 10.8 Å². The molecule has 57 heavy (non-hydrogen) atoms. The van der Waals surface area contributed by atoms with Crippen LogP contribution in [0.4, 0.5) is 0 Å². The first kappa shape index (κ1) is 36.9. The maximum atomic E-state index is 6.97. The third kappa shape index (κ3) is 6.14. The van der Waals surface area contributed by atoms with Crippen LogP contribution >= 0.6 is 0 Å². The number of para-hydroxylation sites is 2. The van der Waals surface area contributed by atoms with Crippen LogP contribution in [0.25, 0.3) is 82.7 Å². The van der Waals surface area contributed by atoms with Crippen LogP contribution in [-0.4, -0.2) is 9.55 Å². The SMILES string of the molecule is Cc1cccc2nc(-c3cccc4c3oc3cc5c(ccc6ccccc65)cc34)n(-c3c(C(C)C)cc(-c4cc(C(C)(C)C)cc(C(C)(C)C)c4)cc3C(C)C)c12. The molecular weight excluding hydrogens is 693 g/mol. The first-order valence-electron chi connectivity index (χ1n) is 20.7. The van der Waals surface area contributed by atoms with E-state index in [0.29, 0.717) is 0 Å². The molecule has 0 N–H and O–H groups in total. The van der Waals surface area contributed by atoms with E-state index in [1.807, 2.05) is 0 Å². The number of benzene rings is 7. The predicted molar refractivity (Wildman–Crippen MR) is 245 cm³/mol. The Balaban J connectivity index is 1.34. The summed E-state index contributed by atoms with van der Waals surface area (Å²) in [5, 5.41) is 7.11. The maximum Gasteiger partial charge on any atom is 0.149 e. The lowest BCUT2D eigenvalue weighted by Crippen LogP contribution is -2.16. The number of fused-ring (bicyclic) bond motifs is 7. The van der Waals surface area contributed by atoms with E-state index in [2.05, 4.69) is 196 Å². The molecule has 0 bridgehead atoms. The fraction of sp³-hybridized carbons (Fsp3) is 0.278. The van der Waals surface area contributed by atoms with Gasteiger partial charge in [-0.05, 0) is 126 Å². The molecule has 0 unspecified atom stereocenters. The molecule has 0 aliphatic rings. The summed E-state index contributed by atoms with van der Waals surface area (Å²) in [5.41, 5.74) is 15.3. The Labute approximate surface area is 337 Å². The van der Waals surface area contributed by atoms with Gasteiger partial charge in [-0.1, -0.05) is 148 Å². The van der Waals surface area contributed by atoms with Crippen LogP contribution in [0.2, 0.25) is 0 Å². The summed E-state index contributed by atoms with van der Waals surface area (Å²) < 4.78 is 9.44. The van der Waals surface area contributed by atoms with Gasteiger partial charge in [0.15, 0.2) is 0 Å². The van der Waals surface area contributed by atoms with Gasteiger partial charge in [0.25, 0.3) is 0 Å². The van der Waals surface area contributed by atoms with Crippen molar-refractivity contribution in [3.63, 3.8) is 0 Å². The number of furan rings is 1. The molecule has 7 aromatic carbocycles. The average Bonchev–Trinajstić information content (AvgIpc) is 3.74. The summed E-state index contributed by atoms with van der Waals surface area (Å²) in [7, 11) is 0. The van der Waals surface area contributed by atoms with Gasteiger partial charge in [0.1, 0.15) is 17.0 Å². The molecule has 0 aliphatic carbocycles. The number of hydrogen-bond donors (Lipinski definition) is 0. The van der Waals surface area contributed by atoms with Crippen LogP contribution in [0.1, 0.15) is 109 Å². The minimum atomic E-state index is 0.0258. The molecule has 0 saturated heterocycles. The molecule has 0 aliphatic heterocycles. The Kier molecular flexibility index (Phi) is 8.55. The predicted octanol–water partition coefficient (Wildman–Crippen LogP) is 15.7. The van der Waals surface area contributed by atoms with Crippen molar-refractivity contribution in [2.45, 2.75) is 98.8 Å². The Hall–Kier alpha value is -5.67. The third-order valence-electron chi connectivity index (χ3n) is 12.1. The van der Waals surface area contributed by atoms with Crippen molar-refractivity contribution in [3.8, 4) is 28.2 Å². The quantitative estimate of drug-likeness (QED) is 0.164. The molecule has 0 spiro atoms. The van der Waals surface area contributed by atoms with E-state index in [-0.39, 0.29) is 22.7 Å². The number of rotatable bonds is 5. The maximum absolute atomic E-state index is 6.97. The summed E-state index contributed by atoms with van der Waals surface area (Å²) in [4.78, 5) is 5.50. The minimum Gasteiger partial charge on any atom is -0.455 e. The first-order valence-corrected chi connectivity index (χ1v) is 20.7. The highest BCUT2D eigenvalue weighted by atomic mass is 16.3. The molecule has 2 heterocycles. The fourth-order valence-corrected chi connectivity index (χ4v) is 8.81. The summed E-state index contributed by atoms with van der Waals surface area (Å²) >= 11 is 0. The second-order valence-electron chi connectivity index (χ2n) is 19.0. The van der Waals surface area contributed by atoms with Crippen molar-refractivity contribution in [1.82, 2.24) is 9.55 Å². The van der Waals surface area contributed by atoms with Crippen LogP contribution in [0, 0.1) is 6.92 Å². The number of aryl methyl sites for hydroxylation is 1. The highest BCUT2D eigenvalue weighted by Gasteiger charge is 2.27. The van der Waals surface area contributed by atoms with Gasteiger partial charge < -0.3 is 4.42 Å². The Bertz CT molecular complexity index is 2980. The van der Waals surface area contributed by atoms with Crippen LogP contribution in [0.3, 0.4) is 0 Å². The molecule has 3 nitrogen and oxygen atoms in total. The van der Waals surface area contributed by atoms with Crippen LogP contribution in [0.5, 0.6) is 0 Å². The van der Waals surface area contributed by atoms with Crippen molar-refractivity contribution >= 4 is 54.5 Å². The van der Waals surface area contributed by atoms with E-state index in [1.54, 1.807) is 0 Å². The van der Waals surface area contributed by atoms with E-state index < -0.39 is 0 Å². The topological polar surface area (TPSA) is 31.0 Å². The van der Waals surface area contributed by atoms with Crippen molar-refractivity contribution < 1.29 is 4.42 Å². The molecule has 0 fully saturated rings. The smallest absolute Gasteiger partial charge is 0.149 e. The third-order valence-corrected chi connectivity index (χ3v) is 12.1. The molecule has 0 saturated carbocycles. The summed E-state index contributed by atoms with van der Waals surface area (Å²) in [5.74, 6) is 1.41. The van der Waals surface area contributed by atoms with Gasteiger partial charge in [0.05, 0.1) is 22.3 Å². The summed E-state index contributed by atoms with van der Waals surface area (Å²) in [6.45, 7) is 25.5.